The third-order valence-electron chi connectivity index (χ3n) is 8.03. The molecule has 0 radical (unpaired) electrons. The maximum atomic E-state index is 12.1. The summed E-state index contributed by atoms with van der Waals surface area (Å²) < 4.78 is 10.5. The molecule has 0 aliphatic carbocycles. The van der Waals surface area contributed by atoms with E-state index in [1.165, 1.54) is 64.2 Å². The number of carbonyl (C=O) groups excluding carboxylic acids is 3. The number of hydrogen-bond acceptors (Lipinski definition) is 6. The minimum absolute atomic E-state index is 0.103. The van der Waals surface area contributed by atoms with Crippen LogP contribution in [-0.2, 0) is 23.9 Å². The predicted octanol–water partition coefficient (Wildman–Crippen LogP) is 10.9. The van der Waals surface area contributed by atoms with Crippen molar-refractivity contribution in [2.45, 2.75) is 175 Å². The average Bonchev–Trinajstić information content (AvgIpc) is 3.05. The molecular weight excluding hydrogens is 588 g/mol. The molecule has 0 aromatic heterocycles. The highest BCUT2D eigenvalue weighted by Gasteiger charge is 2.16. The quantitative estimate of drug-likeness (QED) is 0.0248. The first-order valence-electron chi connectivity index (χ1n) is 19.0. The maximum Gasteiger partial charge on any atom is 0.306 e. The van der Waals surface area contributed by atoms with Crippen molar-refractivity contribution in [2.75, 3.05) is 13.2 Å². The fourth-order valence-corrected chi connectivity index (χ4v) is 5.10. The first-order valence-corrected chi connectivity index (χ1v) is 19.0. The van der Waals surface area contributed by atoms with Gasteiger partial charge in [0.05, 0.1) is 6.61 Å². The Bertz CT molecular complexity index is 869. The molecule has 0 saturated heterocycles. The lowest BCUT2D eigenvalue weighted by Gasteiger charge is -2.15. The highest BCUT2D eigenvalue weighted by atomic mass is 16.6. The SMILES string of the molecule is CCCCCC(=O)/C=C/C=C\C/C=C\C/C=C\CCCC(=O)O[C@@H](CO)COC(=O)CCCCCCCCCCCCCCC(C)C. The van der Waals surface area contributed by atoms with Crippen LogP contribution in [0.3, 0.4) is 0 Å². The van der Waals surface area contributed by atoms with Crippen molar-refractivity contribution in [3.05, 3.63) is 48.6 Å². The Morgan fingerprint density at radius 1 is 0.617 bits per heavy atom. The van der Waals surface area contributed by atoms with Gasteiger partial charge in [0, 0.05) is 19.3 Å². The van der Waals surface area contributed by atoms with Gasteiger partial charge in [-0.1, -0.05) is 153 Å². The number of unbranched alkanes of at least 4 members (excludes halogenated alkanes) is 14. The summed E-state index contributed by atoms with van der Waals surface area (Å²) in [5, 5.41) is 9.53. The second-order valence-corrected chi connectivity index (χ2v) is 13.2. The number of hydrogen-bond donors (Lipinski definition) is 1. The number of ketones is 1. The molecule has 270 valence electrons. The van der Waals surface area contributed by atoms with Crippen LogP contribution in [0.5, 0.6) is 0 Å². The van der Waals surface area contributed by atoms with E-state index in [2.05, 4.69) is 39.0 Å². The van der Waals surface area contributed by atoms with Gasteiger partial charge in [0.15, 0.2) is 11.9 Å². The van der Waals surface area contributed by atoms with Crippen LogP contribution in [0.15, 0.2) is 48.6 Å². The smallest absolute Gasteiger partial charge is 0.306 e. The molecule has 0 heterocycles. The Kier molecular flexibility index (Phi) is 33.0. The van der Waals surface area contributed by atoms with Crippen molar-refractivity contribution in [3.8, 4) is 0 Å². The topological polar surface area (TPSA) is 89.9 Å². The maximum absolute atomic E-state index is 12.1. The van der Waals surface area contributed by atoms with Crippen LogP contribution < -0.4 is 0 Å². The first kappa shape index (κ1) is 44.5. The van der Waals surface area contributed by atoms with Crippen molar-refractivity contribution in [2.24, 2.45) is 5.92 Å². The summed E-state index contributed by atoms with van der Waals surface area (Å²) in [7, 11) is 0. The fraction of sp³-hybridized carbons (Fsp3) is 0.732. The molecule has 6 heteroatoms. The highest BCUT2D eigenvalue weighted by molar-refractivity contribution is 5.89. The largest absolute Gasteiger partial charge is 0.462 e. The van der Waals surface area contributed by atoms with E-state index < -0.39 is 12.1 Å². The highest BCUT2D eigenvalue weighted by Crippen LogP contribution is 2.14. The summed E-state index contributed by atoms with van der Waals surface area (Å²) in [5.41, 5.74) is 0. The molecule has 0 amide bonds. The summed E-state index contributed by atoms with van der Waals surface area (Å²) in [4.78, 5) is 35.8. The van der Waals surface area contributed by atoms with E-state index in [1.54, 1.807) is 6.08 Å². The number of allylic oxidation sites excluding steroid dienone is 8. The number of ether oxygens (including phenoxy) is 2. The van der Waals surface area contributed by atoms with Gasteiger partial charge in [-0.15, -0.1) is 0 Å². The molecule has 0 rings (SSSR count). The van der Waals surface area contributed by atoms with Crippen LogP contribution in [0, 0.1) is 5.92 Å². The molecule has 0 saturated carbocycles. The number of aliphatic hydroxyl groups excluding tert-OH is 1. The van der Waals surface area contributed by atoms with Crippen molar-refractivity contribution in [3.63, 3.8) is 0 Å². The molecule has 0 aromatic rings. The lowest BCUT2D eigenvalue weighted by atomic mass is 10.0. The zero-order chi connectivity index (χ0) is 34.6. The van der Waals surface area contributed by atoms with Crippen LogP contribution >= 0.6 is 0 Å². The Hall–Kier alpha value is -2.47. The minimum Gasteiger partial charge on any atom is -0.462 e. The first-order chi connectivity index (χ1) is 22.9. The van der Waals surface area contributed by atoms with Crippen LogP contribution in [0.2, 0.25) is 0 Å². The lowest BCUT2D eigenvalue weighted by molar-refractivity contribution is -0.161. The fourth-order valence-electron chi connectivity index (χ4n) is 5.10. The second-order valence-electron chi connectivity index (χ2n) is 13.2. The molecule has 0 fully saturated rings. The Balaban J connectivity index is 3.72. The Morgan fingerprint density at radius 2 is 1.17 bits per heavy atom. The van der Waals surface area contributed by atoms with Gasteiger partial charge >= 0.3 is 11.9 Å². The summed E-state index contributed by atoms with van der Waals surface area (Å²) in [5.74, 6) is 0.327. The van der Waals surface area contributed by atoms with E-state index in [9.17, 15) is 19.5 Å². The van der Waals surface area contributed by atoms with Gasteiger partial charge in [-0.25, -0.2) is 0 Å². The molecule has 47 heavy (non-hydrogen) atoms. The molecule has 6 nitrogen and oxygen atoms in total. The van der Waals surface area contributed by atoms with Gasteiger partial charge in [0.1, 0.15) is 6.61 Å². The van der Waals surface area contributed by atoms with E-state index in [1.807, 2.05) is 24.3 Å². The van der Waals surface area contributed by atoms with Crippen LogP contribution in [-0.4, -0.2) is 42.1 Å². The Labute approximate surface area is 288 Å². The molecule has 0 spiro atoms. The summed E-state index contributed by atoms with van der Waals surface area (Å²) in [6.45, 7) is 6.26. The van der Waals surface area contributed by atoms with Gasteiger partial charge in [-0.2, -0.15) is 0 Å². The van der Waals surface area contributed by atoms with Gasteiger partial charge in [-0.3, -0.25) is 14.4 Å². The summed E-state index contributed by atoms with van der Waals surface area (Å²) in [6, 6.07) is 0. The molecule has 0 aromatic carbocycles. The molecule has 1 atom stereocenters. The van der Waals surface area contributed by atoms with E-state index in [-0.39, 0.29) is 31.4 Å². The van der Waals surface area contributed by atoms with Crippen LogP contribution in [0.1, 0.15) is 168 Å². The predicted molar refractivity (Wildman–Crippen MR) is 196 cm³/mol. The second kappa shape index (κ2) is 34.9. The standard InChI is InChI=1S/C41H70O6/c1-4-5-25-31-38(43)32-27-22-18-14-10-8-12-16-20-24-29-34-41(45)47-39(35-42)36-46-40(44)33-28-23-19-15-11-7-6-9-13-17-21-26-30-37(2)3/h8,10,16,18,20,22,27,32,37,39,42H,4-7,9,11-15,17,19,21,23-26,28-31,33-36H2,1-3H3/b10-8-,20-16-,22-18-,32-27+/t39-/m0/s1. The van der Waals surface area contributed by atoms with E-state index in [4.69, 9.17) is 9.47 Å². The van der Waals surface area contributed by atoms with E-state index in [0.29, 0.717) is 19.3 Å². The molecule has 0 unspecified atom stereocenters. The van der Waals surface area contributed by atoms with E-state index >= 15 is 0 Å². The van der Waals surface area contributed by atoms with E-state index in [0.717, 1.165) is 63.7 Å². The number of aliphatic hydroxyl groups is 1. The molecular formula is C41H70O6. The van der Waals surface area contributed by atoms with Crippen molar-refractivity contribution in [1.29, 1.82) is 0 Å². The third-order valence-corrected chi connectivity index (χ3v) is 8.03. The number of rotatable bonds is 33. The number of esters is 2. The third kappa shape index (κ3) is 34.7. The molecule has 0 bridgehead atoms. The monoisotopic (exact) mass is 659 g/mol. The van der Waals surface area contributed by atoms with Gasteiger partial charge < -0.3 is 14.6 Å². The molecule has 0 aliphatic rings. The molecule has 1 N–H and O–H groups in total. The normalized spacial score (nSPS) is 12.7. The van der Waals surface area contributed by atoms with Crippen molar-refractivity contribution in [1.82, 2.24) is 0 Å². The summed E-state index contributed by atoms with van der Waals surface area (Å²) in [6.07, 6.45) is 38.7. The van der Waals surface area contributed by atoms with Gasteiger partial charge in [0.2, 0.25) is 0 Å². The zero-order valence-corrected chi connectivity index (χ0v) is 30.4. The number of carbonyl (C=O) groups is 3. The minimum atomic E-state index is -0.817. The van der Waals surface area contributed by atoms with Crippen molar-refractivity contribution >= 4 is 17.7 Å². The lowest BCUT2D eigenvalue weighted by Crippen LogP contribution is -2.28. The van der Waals surface area contributed by atoms with Crippen molar-refractivity contribution < 1.29 is 29.0 Å². The van der Waals surface area contributed by atoms with Crippen LogP contribution in [0.4, 0.5) is 0 Å². The van der Waals surface area contributed by atoms with Gasteiger partial charge in [0.25, 0.3) is 0 Å². The van der Waals surface area contributed by atoms with Gasteiger partial charge in [-0.05, 0) is 50.5 Å². The average molecular weight is 659 g/mol. The molecule has 0 aliphatic heterocycles. The zero-order valence-electron chi connectivity index (χ0n) is 30.4. The Morgan fingerprint density at radius 3 is 1.79 bits per heavy atom. The summed E-state index contributed by atoms with van der Waals surface area (Å²) >= 11 is 0. The van der Waals surface area contributed by atoms with Crippen LogP contribution in [0.25, 0.3) is 0 Å².